The number of rotatable bonds is 3. The Labute approximate surface area is 166 Å². The van der Waals surface area contributed by atoms with Crippen LogP contribution in [0, 0.1) is 25.2 Å². The van der Waals surface area contributed by atoms with Crippen molar-refractivity contribution in [1.29, 1.82) is 0 Å². The van der Waals surface area contributed by atoms with Crippen molar-refractivity contribution in [3.63, 3.8) is 0 Å². The zero-order valence-corrected chi connectivity index (χ0v) is 16.3. The van der Waals surface area contributed by atoms with Crippen LogP contribution in [0.5, 0.6) is 0 Å². The second-order valence-electron chi connectivity index (χ2n) is 7.36. The molecular weight excluding hydrogens is 351 g/mol. The summed E-state index contributed by atoms with van der Waals surface area (Å²) in [5, 5.41) is 1.72. The van der Waals surface area contributed by atoms with Crippen LogP contribution in [0.25, 0.3) is 38.0 Å². The van der Waals surface area contributed by atoms with Gasteiger partial charge in [0.25, 0.3) is 0 Å². The summed E-state index contributed by atoms with van der Waals surface area (Å²) in [6.07, 6.45) is -0.490. The molecule has 2 heterocycles. The van der Waals surface area contributed by atoms with Crippen molar-refractivity contribution in [2.45, 2.75) is 27.1 Å². The van der Waals surface area contributed by atoms with E-state index >= 15 is 0 Å². The van der Waals surface area contributed by atoms with E-state index in [4.69, 9.17) is 13.7 Å². The number of benzene rings is 2. The molecule has 2 aromatic heterocycles. The third kappa shape index (κ3) is 2.93. The van der Waals surface area contributed by atoms with E-state index in [0.29, 0.717) is 22.5 Å². The standard InChI is InChI=1S/C24H22FN2O/c1-14(2)10-16-11-21(27(5)13-20(16)25)23-15(3)6-8-18-19-12-17(26-4)7-9-22(19)28-24(18)23/h6-9,11-14H,10H2,1-3,5H3/q+1/i10D2. The lowest BCUT2D eigenvalue weighted by Gasteiger charge is -2.10. The van der Waals surface area contributed by atoms with Crippen molar-refractivity contribution >= 4 is 27.6 Å². The molecule has 4 heteroatoms. The molecule has 140 valence electrons. The molecule has 0 fully saturated rings. The third-order valence-electron chi connectivity index (χ3n) is 4.89. The lowest BCUT2D eigenvalue weighted by Crippen LogP contribution is -2.32. The summed E-state index contributed by atoms with van der Waals surface area (Å²) < 4.78 is 39.4. The van der Waals surface area contributed by atoms with Gasteiger partial charge >= 0.3 is 0 Å². The Bertz CT molecular complexity index is 1350. The first-order valence-corrected chi connectivity index (χ1v) is 9.18. The fourth-order valence-electron chi connectivity index (χ4n) is 3.60. The van der Waals surface area contributed by atoms with Crippen molar-refractivity contribution in [2.75, 3.05) is 0 Å². The Morgan fingerprint density at radius 2 is 2.00 bits per heavy atom. The van der Waals surface area contributed by atoms with E-state index in [0.717, 1.165) is 21.9 Å². The smallest absolute Gasteiger partial charge is 0.216 e. The number of hydrogen-bond acceptors (Lipinski definition) is 1. The maximum atomic E-state index is 14.8. The average molecular weight is 375 g/mol. The summed E-state index contributed by atoms with van der Waals surface area (Å²) in [4.78, 5) is 3.51. The highest BCUT2D eigenvalue weighted by atomic mass is 19.1. The highest BCUT2D eigenvalue weighted by Gasteiger charge is 2.23. The van der Waals surface area contributed by atoms with Crippen LogP contribution in [0.4, 0.5) is 10.1 Å². The first-order valence-electron chi connectivity index (χ1n) is 10.2. The van der Waals surface area contributed by atoms with Gasteiger partial charge in [0, 0.05) is 25.1 Å². The zero-order chi connectivity index (χ0) is 21.8. The van der Waals surface area contributed by atoms with Gasteiger partial charge in [0.15, 0.2) is 11.5 Å². The van der Waals surface area contributed by atoms with Gasteiger partial charge in [-0.05, 0) is 36.9 Å². The lowest BCUT2D eigenvalue weighted by molar-refractivity contribution is -0.662. The van der Waals surface area contributed by atoms with Gasteiger partial charge in [-0.1, -0.05) is 32.0 Å². The predicted octanol–water partition coefficient (Wildman–Crippen LogP) is 6.27. The molecule has 28 heavy (non-hydrogen) atoms. The van der Waals surface area contributed by atoms with Crippen molar-refractivity contribution in [2.24, 2.45) is 13.0 Å². The van der Waals surface area contributed by atoms with Gasteiger partial charge < -0.3 is 4.42 Å². The van der Waals surface area contributed by atoms with Crippen LogP contribution in [-0.2, 0) is 13.4 Å². The van der Waals surface area contributed by atoms with Gasteiger partial charge in [-0.25, -0.2) is 9.24 Å². The minimum atomic E-state index is -1.81. The summed E-state index contributed by atoms with van der Waals surface area (Å²) in [5.74, 6) is -0.959. The third-order valence-corrected chi connectivity index (χ3v) is 4.89. The van der Waals surface area contributed by atoms with E-state index in [1.165, 1.54) is 6.20 Å². The molecule has 0 aliphatic rings. The van der Waals surface area contributed by atoms with E-state index in [1.54, 1.807) is 49.7 Å². The number of halogens is 1. The van der Waals surface area contributed by atoms with E-state index in [9.17, 15) is 4.39 Å². The maximum absolute atomic E-state index is 14.8. The number of furan rings is 1. The minimum absolute atomic E-state index is 0.0356. The molecule has 0 unspecified atom stereocenters. The van der Waals surface area contributed by atoms with E-state index in [2.05, 4.69) is 4.85 Å². The molecule has 0 aliphatic carbocycles. The number of nitrogens with zero attached hydrogens (tertiary/aromatic N) is 2. The quantitative estimate of drug-likeness (QED) is 0.305. The SMILES string of the molecule is [2H]C([2H])(c1cc(-c2c(C)ccc3c2oc2ccc([N+]#[C-])cc23)[n+](C)cc1F)C(C)C. The fraction of sp³-hybridized carbons (Fsp3) is 0.250. The summed E-state index contributed by atoms with van der Waals surface area (Å²) in [5.41, 5.74) is 4.28. The molecule has 0 N–H and O–H groups in total. The van der Waals surface area contributed by atoms with Crippen molar-refractivity contribution in [3.05, 3.63) is 71.0 Å². The van der Waals surface area contributed by atoms with E-state index in [1.807, 2.05) is 19.1 Å². The highest BCUT2D eigenvalue weighted by Crippen LogP contribution is 2.38. The second-order valence-corrected chi connectivity index (χ2v) is 7.36. The Morgan fingerprint density at radius 1 is 1.21 bits per heavy atom. The first-order chi connectivity index (χ1) is 14.1. The second kappa shape index (κ2) is 6.76. The highest BCUT2D eigenvalue weighted by molar-refractivity contribution is 6.10. The zero-order valence-electron chi connectivity index (χ0n) is 18.3. The predicted molar refractivity (Wildman–Crippen MR) is 110 cm³/mol. The van der Waals surface area contributed by atoms with Gasteiger partial charge in [-0.15, -0.1) is 0 Å². The number of hydrogen-bond donors (Lipinski definition) is 0. The summed E-state index contributed by atoms with van der Waals surface area (Å²) in [6, 6.07) is 10.8. The van der Waals surface area contributed by atoms with Crippen LogP contribution in [0.2, 0.25) is 0 Å². The fourth-order valence-corrected chi connectivity index (χ4v) is 3.60. The van der Waals surface area contributed by atoms with Crippen LogP contribution in [0.1, 0.15) is 27.7 Å². The van der Waals surface area contributed by atoms with E-state index in [-0.39, 0.29) is 11.5 Å². The number of pyridine rings is 1. The molecule has 4 rings (SSSR count). The van der Waals surface area contributed by atoms with Crippen molar-refractivity contribution in [1.82, 2.24) is 0 Å². The average Bonchev–Trinajstić information content (AvgIpc) is 3.06. The van der Waals surface area contributed by atoms with Crippen LogP contribution in [-0.4, -0.2) is 0 Å². The molecular formula is C24H22FN2O+. The van der Waals surface area contributed by atoms with Crippen molar-refractivity contribution in [3.8, 4) is 11.3 Å². The van der Waals surface area contributed by atoms with Gasteiger partial charge in [-0.3, -0.25) is 0 Å². The number of aryl methyl sites for hydroxylation is 2. The molecule has 4 aromatic rings. The molecule has 2 aromatic carbocycles. The first kappa shape index (κ1) is 15.8. The monoisotopic (exact) mass is 375 g/mol. The molecule has 0 spiro atoms. The minimum Gasteiger partial charge on any atom is -0.455 e. The molecule has 0 saturated heterocycles. The topological polar surface area (TPSA) is 21.4 Å². The Kier molecular flexibility index (Phi) is 3.82. The Hall–Kier alpha value is -3.19. The van der Waals surface area contributed by atoms with Crippen LogP contribution < -0.4 is 4.57 Å². The Balaban J connectivity index is 2.07. The van der Waals surface area contributed by atoms with Crippen molar-refractivity contribution < 1.29 is 16.1 Å². The summed E-state index contributed by atoms with van der Waals surface area (Å²) >= 11 is 0. The van der Waals surface area contributed by atoms with Crippen LogP contribution in [0.15, 0.2) is 47.0 Å². The largest absolute Gasteiger partial charge is 0.455 e. The molecule has 0 aliphatic heterocycles. The summed E-state index contributed by atoms with van der Waals surface area (Å²) in [7, 11) is 1.74. The van der Waals surface area contributed by atoms with Gasteiger partial charge in [0.05, 0.1) is 12.1 Å². The molecule has 0 amide bonds. The lowest BCUT2D eigenvalue weighted by atomic mass is 9.97. The number of fused-ring (bicyclic) bond motifs is 3. The summed E-state index contributed by atoms with van der Waals surface area (Å²) in [6.45, 7) is 12.7. The number of aromatic nitrogens is 1. The van der Waals surface area contributed by atoms with E-state index < -0.39 is 12.2 Å². The normalized spacial score (nSPS) is 13.0. The molecule has 0 radical (unpaired) electrons. The molecule has 0 saturated carbocycles. The van der Waals surface area contributed by atoms with Gasteiger partial charge in [0.1, 0.15) is 18.2 Å². The van der Waals surface area contributed by atoms with Gasteiger partial charge in [0.2, 0.25) is 11.9 Å². The Morgan fingerprint density at radius 3 is 2.71 bits per heavy atom. The molecule has 0 atom stereocenters. The molecule has 3 nitrogen and oxygen atoms in total. The van der Waals surface area contributed by atoms with Gasteiger partial charge in [-0.2, -0.15) is 4.57 Å². The van der Waals surface area contributed by atoms with Crippen LogP contribution in [0.3, 0.4) is 0 Å². The van der Waals surface area contributed by atoms with Crippen LogP contribution >= 0.6 is 0 Å². The molecule has 0 bridgehead atoms. The maximum Gasteiger partial charge on any atom is 0.216 e.